The van der Waals surface area contributed by atoms with Crippen LogP contribution in [0.3, 0.4) is 0 Å². The second kappa shape index (κ2) is 4.10. The molecule has 1 aliphatic heterocycles. The molecule has 2 nitrogen and oxygen atoms in total. The number of nitrogens with one attached hydrogen (secondary N) is 1. The molecule has 0 spiro atoms. The van der Waals surface area contributed by atoms with Crippen molar-refractivity contribution in [1.29, 1.82) is 0 Å². The summed E-state index contributed by atoms with van der Waals surface area (Å²) in [4.78, 5) is 0. The van der Waals surface area contributed by atoms with Gasteiger partial charge in [-0.15, -0.1) is 0 Å². The van der Waals surface area contributed by atoms with Crippen molar-refractivity contribution in [2.24, 2.45) is 17.8 Å². The fraction of sp³-hybridized carbons (Fsp3) is 0.500. The fourth-order valence-electron chi connectivity index (χ4n) is 2.57. The molecule has 2 fully saturated rings. The minimum atomic E-state index is 0.633. The SMILES string of the molecule is Clc1ccc(Cl)c(OC[C@H]2[C@@H]3CNC[C@@H]32)c1. The van der Waals surface area contributed by atoms with Crippen LogP contribution in [0.5, 0.6) is 5.75 Å². The number of benzene rings is 1. The van der Waals surface area contributed by atoms with Gasteiger partial charge in [0.05, 0.1) is 11.6 Å². The number of ether oxygens (including phenoxy) is 1. The van der Waals surface area contributed by atoms with Crippen molar-refractivity contribution in [3.63, 3.8) is 0 Å². The van der Waals surface area contributed by atoms with Gasteiger partial charge in [0.25, 0.3) is 0 Å². The Kier molecular flexibility index (Phi) is 2.74. The van der Waals surface area contributed by atoms with E-state index >= 15 is 0 Å². The summed E-state index contributed by atoms with van der Waals surface area (Å²) in [7, 11) is 0. The predicted octanol–water partition coefficient (Wildman–Crippen LogP) is 2.84. The number of halogens is 2. The monoisotopic (exact) mass is 257 g/mol. The van der Waals surface area contributed by atoms with E-state index in [2.05, 4.69) is 5.32 Å². The first-order chi connectivity index (χ1) is 7.75. The standard InChI is InChI=1S/C12H13Cl2NO/c13-7-1-2-11(14)12(3-7)16-6-10-8-4-15-5-9(8)10/h1-3,8-10,15H,4-6H2/t8-,9+,10+. The van der Waals surface area contributed by atoms with E-state index in [9.17, 15) is 0 Å². The summed E-state index contributed by atoms with van der Waals surface area (Å²) in [5.41, 5.74) is 0. The first kappa shape index (κ1) is 10.7. The van der Waals surface area contributed by atoms with Gasteiger partial charge in [-0.3, -0.25) is 0 Å². The Morgan fingerprint density at radius 1 is 1.25 bits per heavy atom. The molecule has 86 valence electrons. The van der Waals surface area contributed by atoms with Gasteiger partial charge in [-0.25, -0.2) is 0 Å². The lowest BCUT2D eigenvalue weighted by atomic mass is 10.3. The minimum Gasteiger partial charge on any atom is -0.492 e. The van der Waals surface area contributed by atoms with Gasteiger partial charge in [-0.05, 0) is 37.1 Å². The normalized spacial score (nSPS) is 31.2. The van der Waals surface area contributed by atoms with Crippen molar-refractivity contribution in [1.82, 2.24) is 5.32 Å². The van der Waals surface area contributed by atoms with Gasteiger partial charge >= 0.3 is 0 Å². The highest BCUT2D eigenvalue weighted by atomic mass is 35.5. The van der Waals surface area contributed by atoms with Crippen LogP contribution in [-0.2, 0) is 0 Å². The van der Waals surface area contributed by atoms with E-state index in [1.54, 1.807) is 18.2 Å². The molecule has 0 amide bonds. The molecule has 1 saturated heterocycles. The van der Waals surface area contributed by atoms with Crippen LogP contribution in [0.2, 0.25) is 10.0 Å². The van der Waals surface area contributed by atoms with Gasteiger partial charge in [0, 0.05) is 17.0 Å². The lowest BCUT2D eigenvalue weighted by Crippen LogP contribution is -2.17. The van der Waals surface area contributed by atoms with Crippen LogP contribution < -0.4 is 10.1 Å². The van der Waals surface area contributed by atoms with Gasteiger partial charge in [0.15, 0.2) is 0 Å². The maximum Gasteiger partial charge on any atom is 0.139 e. The van der Waals surface area contributed by atoms with Crippen molar-refractivity contribution in [2.75, 3.05) is 19.7 Å². The molecule has 3 atom stereocenters. The molecule has 1 heterocycles. The molecule has 3 rings (SSSR count). The Labute approximate surface area is 105 Å². The molecule has 1 saturated carbocycles. The molecule has 2 aliphatic rings. The molecule has 1 aromatic carbocycles. The molecule has 0 unspecified atom stereocenters. The van der Waals surface area contributed by atoms with E-state index in [0.717, 1.165) is 31.5 Å². The Morgan fingerprint density at radius 2 is 2.00 bits per heavy atom. The largest absolute Gasteiger partial charge is 0.492 e. The molecule has 1 aromatic rings. The second-order valence-electron chi connectivity index (χ2n) is 4.54. The molecule has 0 bridgehead atoms. The molecule has 4 heteroatoms. The second-order valence-corrected chi connectivity index (χ2v) is 5.38. The summed E-state index contributed by atoms with van der Waals surface area (Å²) in [6, 6.07) is 5.32. The van der Waals surface area contributed by atoms with E-state index in [4.69, 9.17) is 27.9 Å². The molecule has 1 N–H and O–H groups in total. The average Bonchev–Trinajstić information content (AvgIpc) is 2.72. The van der Waals surface area contributed by atoms with Crippen molar-refractivity contribution in [2.45, 2.75) is 0 Å². The quantitative estimate of drug-likeness (QED) is 0.900. The van der Waals surface area contributed by atoms with Gasteiger partial charge in [0.2, 0.25) is 0 Å². The van der Waals surface area contributed by atoms with E-state index in [1.165, 1.54) is 0 Å². The Balaban J connectivity index is 1.60. The van der Waals surface area contributed by atoms with Crippen molar-refractivity contribution in [3.05, 3.63) is 28.2 Å². The lowest BCUT2D eigenvalue weighted by molar-refractivity contribution is 0.281. The van der Waals surface area contributed by atoms with E-state index in [-0.39, 0.29) is 0 Å². The van der Waals surface area contributed by atoms with Crippen molar-refractivity contribution >= 4 is 23.2 Å². The number of hydrogen-bond donors (Lipinski definition) is 1. The average molecular weight is 258 g/mol. The Hall–Kier alpha value is -0.440. The third-order valence-corrected chi connectivity index (χ3v) is 4.14. The maximum absolute atomic E-state index is 6.02. The van der Waals surface area contributed by atoms with Crippen LogP contribution in [0.25, 0.3) is 0 Å². The summed E-state index contributed by atoms with van der Waals surface area (Å²) < 4.78 is 5.73. The van der Waals surface area contributed by atoms with Crippen LogP contribution in [0, 0.1) is 17.8 Å². The number of rotatable bonds is 3. The highest BCUT2D eigenvalue weighted by Gasteiger charge is 2.52. The zero-order chi connectivity index (χ0) is 11.1. The van der Waals surface area contributed by atoms with Crippen LogP contribution in [0.15, 0.2) is 18.2 Å². The Bertz CT molecular complexity index is 400. The van der Waals surface area contributed by atoms with Crippen molar-refractivity contribution in [3.8, 4) is 5.75 Å². The van der Waals surface area contributed by atoms with Crippen molar-refractivity contribution < 1.29 is 4.74 Å². The van der Waals surface area contributed by atoms with Crippen LogP contribution in [0.1, 0.15) is 0 Å². The van der Waals surface area contributed by atoms with Gasteiger partial charge in [-0.1, -0.05) is 23.2 Å². The van der Waals surface area contributed by atoms with E-state index in [0.29, 0.717) is 21.7 Å². The highest BCUT2D eigenvalue weighted by Crippen LogP contribution is 2.48. The first-order valence-electron chi connectivity index (χ1n) is 5.54. The first-order valence-corrected chi connectivity index (χ1v) is 6.30. The van der Waals surface area contributed by atoms with E-state index in [1.807, 2.05) is 0 Å². The Morgan fingerprint density at radius 3 is 2.75 bits per heavy atom. The molecule has 0 aromatic heterocycles. The summed E-state index contributed by atoms with van der Waals surface area (Å²) in [5, 5.41) is 4.66. The molecule has 16 heavy (non-hydrogen) atoms. The summed E-state index contributed by atoms with van der Waals surface area (Å²) in [6.07, 6.45) is 0. The fourth-order valence-corrected chi connectivity index (χ4v) is 2.90. The van der Waals surface area contributed by atoms with E-state index < -0.39 is 0 Å². The minimum absolute atomic E-state index is 0.633. The third kappa shape index (κ3) is 1.90. The number of hydrogen-bond acceptors (Lipinski definition) is 2. The zero-order valence-electron chi connectivity index (χ0n) is 8.75. The zero-order valence-corrected chi connectivity index (χ0v) is 10.3. The molecular formula is C12H13Cl2NO. The van der Waals surface area contributed by atoms with Crippen LogP contribution in [0.4, 0.5) is 0 Å². The molecule has 0 radical (unpaired) electrons. The number of piperidine rings is 1. The molecule has 1 aliphatic carbocycles. The predicted molar refractivity (Wildman–Crippen MR) is 65.3 cm³/mol. The van der Waals surface area contributed by atoms with Crippen LogP contribution >= 0.6 is 23.2 Å². The van der Waals surface area contributed by atoms with Gasteiger partial charge < -0.3 is 10.1 Å². The highest BCUT2D eigenvalue weighted by molar-refractivity contribution is 6.34. The van der Waals surface area contributed by atoms with Gasteiger partial charge in [0.1, 0.15) is 5.75 Å². The summed E-state index contributed by atoms with van der Waals surface area (Å²) in [5.74, 6) is 3.04. The maximum atomic E-state index is 6.02. The molecular weight excluding hydrogens is 245 g/mol. The smallest absolute Gasteiger partial charge is 0.139 e. The summed E-state index contributed by atoms with van der Waals surface area (Å²) in [6.45, 7) is 3.04. The van der Waals surface area contributed by atoms with Crippen LogP contribution in [-0.4, -0.2) is 19.7 Å². The van der Waals surface area contributed by atoms with Gasteiger partial charge in [-0.2, -0.15) is 0 Å². The third-order valence-electron chi connectivity index (χ3n) is 3.59. The number of fused-ring (bicyclic) bond motifs is 1. The summed E-state index contributed by atoms with van der Waals surface area (Å²) >= 11 is 11.9. The lowest BCUT2D eigenvalue weighted by Gasteiger charge is -2.09. The topological polar surface area (TPSA) is 21.3 Å².